The highest BCUT2D eigenvalue weighted by molar-refractivity contribution is 7.10. The fourth-order valence-corrected chi connectivity index (χ4v) is 2.42. The van der Waals surface area contributed by atoms with E-state index in [1.807, 2.05) is 11.3 Å². The van der Waals surface area contributed by atoms with E-state index in [0.717, 1.165) is 19.6 Å². The minimum atomic E-state index is 0.465. The van der Waals surface area contributed by atoms with Gasteiger partial charge in [0.2, 0.25) is 0 Å². The molecule has 0 fully saturated rings. The van der Waals surface area contributed by atoms with E-state index in [2.05, 4.69) is 30.6 Å². The first-order valence-electron chi connectivity index (χ1n) is 5.02. The highest BCUT2D eigenvalue weighted by Gasteiger charge is 2.07. The highest BCUT2D eigenvalue weighted by Crippen LogP contribution is 2.23. The molecule has 0 radical (unpaired) electrons. The summed E-state index contributed by atoms with van der Waals surface area (Å²) in [4.78, 5) is 1.45. The Morgan fingerprint density at radius 3 is 2.93 bits per heavy atom. The maximum atomic E-state index is 5.00. The smallest absolute Gasteiger partial charge is 0.0474 e. The van der Waals surface area contributed by atoms with Gasteiger partial charge >= 0.3 is 0 Å². The molecule has 0 saturated heterocycles. The summed E-state index contributed by atoms with van der Waals surface area (Å²) < 4.78 is 5.00. The van der Waals surface area contributed by atoms with Crippen molar-refractivity contribution in [1.29, 1.82) is 0 Å². The first-order chi connectivity index (χ1) is 6.75. The van der Waals surface area contributed by atoms with Gasteiger partial charge in [-0.15, -0.1) is 11.3 Å². The molecule has 1 rings (SSSR count). The van der Waals surface area contributed by atoms with Crippen LogP contribution in [0.25, 0.3) is 0 Å². The van der Waals surface area contributed by atoms with Crippen molar-refractivity contribution in [2.45, 2.75) is 26.3 Å². The minimum absolute atomic E-state index is 0.465. The Balaban J connectivity index is 2.28. The molecule has 0 aromatic carbocycles. The van der Waals surface area contributed by atoms with E-state index in [1.165, 1.54) is 10.4 Å². The quantitative estimate of drug-likeness (QED) is 0.734. The molecule has 0 aliphatic carbocycles. The van der Waals surface area contributed by atoms with Crippen molar-refractivity contribution in [2.75, 3.05) is 20.3 Å². The summed E-state index contributed by atoms with van der Waals surface area (Å²) in [5.74, 6) is 0. The van der Waals surface area contributed by atoms with E-state index < -0.39 is 0 Å². The van der Waals surface area contributed by atoms with Crippen LogP contribution < -0.4 is 5.32 Å². The lowest BCUT2D eigenvalue weighted by molar-refractivity contribution is 0.193. The average molecular weight is 213 g/mol. The number of thiophene rings is 1. The van der Waals surface area contributed by atoms with E-state index in [4.69, 9.17) is 4.74 Å². The normalized spacial score (nSPS) is 13.1. The van der Waals surface area contributed by atoms with Gasteiger partial charge < -0.3 is 10.1 Å². The second-order valence-electron chi connectivity index (χ2n) is 3.49. The van der Waals surface area contributed by atoms with Gasteiger partial charge in [0.1, 0.15) is 0 Å². The SMILES string of the molecule is COCCCN[C@@H](C)c1sccc1C. The first kappa shape index (κ1) is 11.7. The van der Waals surface area contributed by atoms with Crippen LogP contribution in [0.5, 0.6) is 0 Å². The van der Waals surface area contributed by atoms with Crippen molar-refractivity contribution in [3.63, 3.8) is 0 Å². The maximum absolute atomic E-state index is 5.00. The molecule has 0 aliphatic heterocycles. The summed E-state index contributed by atoms with van der Waals surface area (Å²) in [5.41, 5.74) is 1.39. The van der Waals surface area contributed by atoms with E-state index in [9.17, 15) is 0 Å². The number of rotatable bonds is 6. The third kappa shape index (κ3) is 3.40. The zero-order valence-corrected chi connectivity index (χ0v) is 9.99. The van der Waals surface area contributed by atoms with Gasteiger partial charge in [0.15, 0.2) is 0 Å². The fraction of sp³-hybridized carbons (Fsp3) is 0.636. The molecule has 3 heteroatoms. The third-order valence-electron chi connectivity index (χ3n) is 2.27. The topological polar surface area (TPSA) is 21.3 Å². The number of methoxy groups -OCH3 is 1. The number of hydrogen-bond donors (Lipinski definition) is 1. The molecule has 14 heavy (non-hydrogen) atoms. The third-order valence-corrected chi connectivity index (χ3v) is 3.47. The molecule has 0 aliphatic rings. The Kier molecular flexibility index (Phi) is 5.15. The van der Waals surface area contributed by atoms with Crippen LogP contribution in [0.1, 0.15) is 29.8 Å². The van der Waals surface area contributed by atoms with E-state index in [1.54, 1.807) is 7.11 Å². The summed E-state index contributed by atoms with van der Waals surface area (Å²) >= 11 is 1.83. The summed E-state index contributed by atoms with van der Waals surface area (Å²) in [6.45, 7) is 6.24. The largest absolute Gasteiger partial charge is 0.385 e. The van der Waals surface area contributed by atoms with Crippen LogP contribution in [0, 0.1) is 6.92 Å². The summed E-state index contributed by atoms with van der Waals surface area (Å²) in [6.07, 6.45) is 1.07. The van der Waals surface area contributed by atoms with Gasteiger partial charge in [-0.25, -0.2) is 0 Å². The van der Waals surface area contributed by atoms with Gasteiger partial charge in [-0.05, 0) is 43.8 Å². The zero-order valence-electron chi connectivity index (χ0n) is 9.17. The van der Waals surface area contributed by atoms with Crippen LogP contribution in [-0.4, -0.2) is 20.3 Å². The van der Waals surface area contributed by atoms with E-state index in [0.29, 0.717) is 6.04 Å². The van der Waals surface area contributed by atoms with Gasteiger partial charge in [-0.1, -0.05) is 0 Å². The Hall–Kier alpha value is -0.380. The van der Waals surface area contributed by atoms with Crippen LogP contribution in [0.3, 0.4) is 0 Å². The van der Waals surface area contributed by atoms with Crippen molar-refractivity contribution >= 4 is 11.3 Å². The number of hydrogen-bond acceptors (Lipinski definition) is 3. The van der Waals surface area contributed by atoms with Gasteiger partial charge in [0, 0.05) is 24.6 Å². The van der Waals surface area contributed by atoms with Gasteiger partial charge in [0.05, 0.1) is 0 Å². The highest BCUT2D eigenvalue weighted by atomic mass is 32.1. The van der Waals surface area contributed by atoms with Crippen LogP contribution >= 0.6 is 11.3 Å². The predicted molar refractivity (Wildman–Crippen MR) is 62.0 cm³/mol. The lowest BCUT2D eigenvalue weighted by Gasteiger charge is -2.12. The van der Waals surface area contributed by atoms with E-state index >= 15 is 0 Å². The molecule has 1 aromatic heterocycles. The van der Waals surface area contributed by atoms with E-state index in [-0.39, 0.29) is 0 Å². The number of aryl methyl sites for hydroxylation is 1. The zero-order chi connectivity index (χ0) is 10.4. The second kappa shape index (κ2) is 6.17. The van der Waals surface area contributed by atoms with Crippen molar-refractivity contribution in [3.05, 3.63) is 21.9 Å². The van der Waals surface area contributed by atoms with Crippen molar-refractivity contribution in [3.8, 4) is 0 Å². The van der Waals surface area contributed by atoms with Gasteiger partial charge in [-0.3, -0.25) is 0 Å². The van der Waals surface area contributed by atoms with Crippen molar-refractivity contribution in [2.24, 2.45) is 0 Å². The molecule has 80 valence electrons. The molecule has 0 unspecified atom stereocenters. The molecule has 1 aromatic rings. The number of ether oxygens (including phenoxy) is 1. The van der Waals surface area contributed by atoms with Crippen LogP contribution in [0.15, 0.2) is 11.4 Å². The molecule has 0 amide bonds. The molecular formula is C11H19NOS. The minimum Gasteiger partial charge on any atom is -0.385 e. The standard InChI is InChI=1S/C11H19NOS/c1-9-5-8-14-11(9)10(2)12-6-4-7-13-3/h5,8,10,12H,4,6-7H2,1-3H3/t10-/m0/s1. The molecule has 1 N–H and O–H groups in total. The van der Waals surface area contributed by atoms with Crippen LogP contribution in [-0.2, 0) is 4.74 Å². The first-order valence-corrected chi connectivity index (χ1v) is 5.90. The Labute approximate surface area is 90.3 Å². The van der Waals surface area contributed by atoms with Crippen LogP contribution in [0.4, 0.5) is 0 Å². The molecule has 0 bridgehead atoms. The molecule has 1 heterocycles. The average Bonchev–Trinajstić information content (AvgIpc) is 2.59. The van der Waals surface area contributed by atoms with Gasteiger partial charge in [-0.2, -0.15) is 0 Å². The van der Waals surface area contributed by atoms with Crippen molar-refractivity contribution in [1.82, 2.24) is 5.32 Å². The lowest BCUT2D eigenvalue weighted by atomic mass is 10.2. The predicted octanol–water partition coefficient (Wildman–Crippen LogP) is 2.74. The van der Waals surface area contributed by atoms with Crippen molar-refractivity contribution < 1.29 is 4.74 Å². The Morgan fingerprint density at radius 1 is 1.57 bits per heavy atom. The lowest BCUT2D eigenvalue weighted by Crippen LogP contribution is -2.20. The molecule has 0 spiro atoms. The van der Waals surface area contributed by atoms with Gasteiger partial charge in [0.25, 0.3) is 0 Å². The summed E-state index contributed by atoms with van der Waals surface area (Å²) in [5, 5.41) is 5.64. The second-order valence-corrected chi connectivity index (χ2v) is 4.44. The molecule has 1 atom stereocenters. The Morgan fingerprint density at radius 2 is 2.36 bits per heavy atom. The monoisotopic (exact) mass is 213 g/mol. The Bertz CT molecular complexity index is 260. The molecular weight excluding hydrogens is 194 g/mol. The maximum Gasteiger partial charge on any atom is 0.0474 e. The molecule has 0 saturated carbocycles. The number of nitrogens with one attached hydrogen (secondary N) is 1. The van der Waals surface area contributed by atoms with Crippen LogP contribution in [0.2, 0.25) is 0 Å². The fourth-order valence-electron chi connectivity index (χ4n) is 1.46. The molecule has 2 nitrogen and oxygen atoms in total. The summed E-state index contributed by atoms with van der Waals surface area (Å²) in [6, 6.07) is 2.64. The summed E-state index contributed by atoms with van der Waals surface area (Å²) in [7, 11) is 1.74.